The highest BCUT2D eigenvalue weighted by atomic mass is 16.6. The zero-order chi connectivity index (χ0) is 37.7. The Morgan fingerprint density at radius 3 is 2.04 bits per heavy atom. The molecular formula is C43H60N4O2. The Bertz CT molecular complexity index is 1780. The quantitative estimate of drug-likeness (QED) is 0.118. The van der Waals surface area contributed by atoms with Crippen LogP contribution in [0.5, 0.6) is 0 Å². The molecule has 0 unspecified atom stereocenters. The molecule has 0 fully saturated rings. The number of aromatic nitrogens is 4. The molecule has 0 saturated heterocycles. The number of hydrogen-bond donors (Lipinski definition) is 1. The van der Waals surface area contributed by atoms with Crippen LogP contribution in [0, 0.1) is 26.7 Å². The maximum absolute atomic E-state index is 11.1. The first-order valence-electron chi connectivity index (χ1n) is 17.2. The number of H-pyrrole nitrogens is 1. The summed E-state index contributed by atoms with van der Waals surface area (Å²) in [7, 11) is 2.06. The van der Waals surface area contributed by atoms with Crippen molar-refractivity contribution in [2.75, 3.05) is 0 Å². The van der Waals surface area contributed by atoms with E-state index in [9.17, 15) is 4.79 Å². The first-order valence-corrected chi connectivity index (χ1v) is 17.2. The highest BCUT2D eigenvalue weighted by Gasteiger charge is 2.16. The smallest absolute Gasteiger partial charge is 0.333 e. The van der Waals surface area contributed by atoms with Crippen molar-refractivity contribution in [3.8, 4) is 24.2 Å². The number of ether oxygens (including phenoxy) is 1. The molecule has 2 heterocycles. The van der Waals surface area contributed by atoms with Crippen LogP contribution in [0.15, 0.2) is 78.4 Å². The van der Waals surface area contributed by atoms with Crippen molar-refractivity contribution in [1.82, 2.24) is 19.5 Å². The molecule has 6 nitrogen and oxygen atoms in total. The summed E-state index contributed by atoms with van der Waals surface area (Å²) in [5.41, 5.74) is 9.46. The monoisotopic (exact) mass is 664 g/mol. The van der Waals surface area contributed by atoms with E-state index in [1.807, 2.05) is 80.5 Å². The molecule has 6 heteroatoms. The van der Waals surface area contributed by atoms with Crippen LogP contribution in [0.3, 0.4) is 0 Å². The molecule has 0 amide bonds. The lowest BCUT2D eigenvalue weighted by Crippen LogP contribution is -2.24. The van der Waals surface area contributed by atoms with Crippen molar-refractivity contribution < 1.29 is 9.53 Å². The fourth-order valence-electron chi connectivity index (χ4n) is 4.39. The molecular weight excluding hydrogens is 604 g/mol. The van der Waals surface area contributed by atoms with Crippen molar-refractivity contribution >= 4 is 34.1 Å². The summed E-state index contributed by atoms with van der Waals surface area (Å²) < 4.78 is 7.23. The number of nitrogens with one attached hydrogen (secondary N) is 1. The van der Waals surface area contributed by atoms with E-state index in [1.54, 1.807) is 13.0 Å². The number of aromatic amines is 1. The molecule has 0 aliphatic rings. The zero-order valence-electron chi connectivity index (χ0n) is 32.5. The van der Waals surface area contributed by atoms with Gasteiger partial charge in [0.15, 0.2) is 0 Å². The number of terminal acetylenes is 1. The molecule has 0 bridgehead atoms. The highest BCUT2D eigenvalue weighted by molar-refractivity contribution is 5.88. The van der Waals surface area contributed by atoms with Gasteiger partial charge in [-0.3, -0.25) is 0 Å². The lowest BCUT2D eigenvalue weighted by molar-refractivity contribution is -0.149. The summed E-state index contributed by atoms with van der Waals surface area (Å²) in [5.74, 6) is 1.78. The number of carbonyl (C=O) groups is 1. The summed E-state index contributed by atoms with van der Waals surface area (Å²) in [4.78, 5) is 23.9. The van der Waals surface area contributed by atoms with Crippen LogP contribution in [0.2, 0.25) is 0 Å². The number of imidazole rings is 2. The number of aryl methyl sites for hydroxylation is 4. The second kappa shape index (κ2) is 22.6. The van der Waals surface area contributed by atoms with Gasteiger partial charge in [-0.2, -0.15) is 0 Å². The maximum Gasteiger partial charge on any atom is 0.333 e. The van der Waals surface area contributed by atoms with Crippen LogP contribution < -0.4 is 0 Å². The molecule has 2 aromatic heterocycles. The molecule has 0 aliphatic carbocycles. The van der Waals surface area contributed by atoms with Gasteiger partial charge in [0.2, 0.25) is 0 Å². The minimum atomic E-state index is -0.388. The van der Waals surface area contributed by atoms with Gasteiger partial charge in [-0.25, -0.2) is 14.8 Å². The molecule has 0 saturated carbocycles. The third-order valence-corrected chi connectivity index (χ3v) is 6.80. The predicted molar refractivity (Wildman–Crippen MR) is 214 cm³/mol. The second-order valence-corrected chi connectivity index (χ2v) is 11.6. The summed E-state index contributed by atoms with van der Waals surface area (Å²) in [6.45, 7) is 25.5. The third-order valence-electron chi connectivity index (χ3n) is 6.80. The first kappa shape index (κ1) is 44.1. The number of benzene rings is 3. The van der Waals surface area contributed by atoms with Crippen LogP contribution in [-0.2, 0) is 23.0 Å². The SMILES string of the molecule is C#C.C/C=C(\C)C(=O)OC(C)(C)C.C/C=C/c1ccc(C)cc1.CC.CC.CCc1nc2c(C)cc(-c3nc4ccccc4n3C)cc2[nH]1. The van der Waals surface area contributed by atoms with Gasteiger partial charge in [0.1, 0.15) is 17.2 Å². The molecule has 0 spiro atoms. The summed E-state index contributed by atoms with van der Waals surface area (Å²) in [5, 5.41) is 0. The number of para-hydroxylation sites is 2. The van der Waals surface area contributed by atoms with Crippen LogP contribution in [0.4, 0.5) is 0 Å². The molecule has 1 N–H and O–H groups in total. The van der Waals surface area contributed by atoms with E-state index in [0.717, 1.165) is 45.7 Å². The molecule has 0 atom stereocenters. The Kier molecular flexibility index (Phi) is 20.4. The normalized spacial score (nSPS) is 10.6. The Balaban J connectivity index is 0.000000724. The average molecular weight is 665 g/mol. The van der Waals surface area contributed by atoms with Gasteiger partial charge in [0, 0.05) is 24.6 Å². The van der Waals surface area contributed by atoms with E-state index < -0.39 is 0 Å². The number of nitrogens with zero attached hydrogens (tertiary/aromatic N) is 3. The lowest BCUT2D eigenvalue weighted by atomic mass is 10.1. The van der Waals surface area contributed by atoms with Gasteiger partial charge in [0.05, 0.1) is 22.1 Å². The highest BCUT2D eigenvalue weighted by Crippen LogP contribution is 2.28. The molecule has 49 heavy (non-hydrogen) atoms. The van der Waals surface area contributed by atoms with Gasteiger partial charge in [0.25, 0.3) is 0 Å². The Labute approximate surface area is 296 Å². The predicted octanol–water partition coefficient (Wildman–Crippen LogP) is 11.6. The summed E-state index contributed by atoms with van der Waals surface area (Å²) >= 11 is 0. The maximum atomic E-state index is 11.1. The summed E-state index contributed by atoms with van der Waals surface area (Å²) in [6.07, 6.45) is 14.8. The van der Waals surface area contributed by atoms with Crippen LogP contribution >= 0.6 is 0 Å². The van der Waals surface area contributed by atoms with E-state index >= 15 is 0 Å². The molecule has 0 aliphatic heterocycles. The van der Waals surface area contributed by atoms with Crippen molar-refractivity contribution in [2.45, 2.75) is 102 Å². The first-order chi connectivity index (χ1) is 23.4. The minimum Gasteiger partial charge on any atom is -0.457 e. The van der Waals surface area contributed by atoms with Crippen molar-refractivity contribution in [1.29, 1.82) is 0 Å². The fourth-order valence-corrected chi connectivity index (χ4v) is 4.39. The summed E-state index contributed by atoms with van der Waals surface area (Å²) in [6, 6.07) is 21.0. The third kappa shape index (κ3) is 14.0. The molecule has 5 rings (SSSR count). The number of allylic oxidation sites excluding steroid dienone is 2. The Hall–Kier alpha value is -4.89. The molecule has 264 valence electrons. The van der Waals surface area contributed by atoms with Crippen LogP contribution in [0.1, 0.15) is 98.7 Å². The molecule has 5 aromatic rings. The number of rotatable bonds is 4. The van der Waals surface area contributed by atoms with Gasteiger partial charge >= 0.3 is 5.97 Å². The minimum absolute atomic E-state index is 0.236. The van der Waals surface area contributed by atoms with Gasteiger partial charge in [-0.1, -0.05) is 94.8 Å². The van der Waals surface area contributed by atoms with Crippen molar-refractivity contribution in [2.24, 2.45) is 7.05 Å². The topological polar surface area (TPSA) is 72.8 Å². The molecule has 0 radical (unpaired) electrons. The van der Waals surface area contributed by atoms with E-state index in [2.05, 4.69) is 110 Å². The number of carbonyl (C=O) groups excluding carboxylic acids is 1. The number of esters is 1. The van der Waals surface area contributed by atoms with Gasteiger partial charge < -0.3 is 14.3 Å². The average Bonchev–Trinajstić information content (AvgIpc) is 3.69. The largest absolute Gasteiger partial charge is 0.457 e. The molecule has 3 aromatic carbocycles. The van der Waals surface area contributed by atoms with E-state index in [0.29, 0.717) is 5.57 Å². The van der Waals surface area contributed by atoms with E-state index in [-0.39, 0.29) is 11.6 Å². The van der Waals surface area contributed by atoms with E-state index in [4.69, 9.17) is 9.72 Å². The van der Waals surface area contributed by atoms with Crippen LogP contribution in [0.25, 0.3) is 39.5 Å². The number of fused-ring (bicyclic) bond motifs is 2. The van der Waals surface area contributed by atoms with Crippen molar-refractivity contribution in [3.05, 3.63) is 101 Å². The fraction of sp³-hybridized carbons (Fsp3) is 0.372. The van der Waals surface area contributed by atoms with Gasteiger partial charge in [-0.15, -0.1) is 12.8 Å². The van der Waals surface area contributed by atoms with Crippen molar-refractivity contribution in [3.63, 3.8) is 0 Å². The standard InChI is InChI=1S/C18H18N4.C10H12.C9H16O2.2C2H6.C2H2/c1-4-16-19-14-10-12(9-11(2)17(14)21-16)18-20-13-7-5-6-8-15(13)22(18)3;1-3-4-10-7-5-9(2)6-8-10;1-6-7(2)8(10)11-9(3,4)5;3*1-2/h5-10H,4H2,1-3H3,(H,19,21);3-8H,1-2H3;6H,1-5H3;2*1-2H3;1-2H/b;4-3+;7-6+;;;. The Morgan fingerprint density at radius 1 is 0.939 bits per heavy atom. The lowest BCUT2D eigenvalue weighted by Gasteiger charge is -2.19. The van der Waals surface area contributed by atoms with E-state index in [1.165, 1.54) is 16.7 Å². The number of hydrogen-bond acceptors (Lipinski definition) is 4. The van der Waals surface area contributed by atoms with Crippen LogP contribution in [-0.4, -0.2) is 31.1 Å². The Morgan fingerprint density at radius 2 is 1.53 bits per heavy atom. The van der Waals surface area contributed by atoms with Gasteiger partial charge in [-0.05, 0) is 90.8 Å². The second-order valence-electron chi connectivity index (χ2n) is 11.6. The zero-order valence-corrected chi connectivity index (χ0v) is 32.5.